The molecule has 0 aliphatic heterocycles. The van der Waals surface area contributed by atoms with E-state index in [-0.39, 0.29) is 6.54 Å². The van der Waals surface area contributed by atoms with Crippen LogP contribution in [0.4, 0.5) is 4.79 Å². The lowest BCUT2D eigenvalue weighted by Crippen LogP contribution is -2.35. The van der Waals surface area contributed by atoms with E-state index in [0.29, 0.717) is 6.21 Å². The van der Waals surface area contributed by atoms with Gasteiger partial charge in [0.15, 0.2) is 0 Å². The average Bonchev–Trinajstić information content (AvgIpc) is 1.98. The van der Waals surface area contributed by atoms with Crippen molar-refractivity contribution in [2.75, 3.05) is 6.54 Å². The van der Waals surface area contributed by atoms with Gasteiger partial charge in [0, 0.05) is 0 Å². The second kappa shape index (κ2) is 5.14. The Kier molecular flexibility index (Phi) is 4.52. The Morgan fingerprint density at radius 2 is 2.07 bits per heavy atom. The van der Waals surface area contributed by atoms with E-state index in [9.17, 15) is 9.59 Å². The number of nitrogens with zero attached hydrogens (tertiary/aromatic N) is 2. The molecule has 0 saturated carbocycles. The summed E-state index contributed by atoms with van der Waals surface area (Å²) in [7, 11) is 0. The summed E-state index contributed by atoms with van der Waals surface area (Å²) < 4.78 is 4.86. The number of Topliss-reactive ketones (excluding diaryl/α,β-unsaturated/α-hetero) is 1. The number of ketones is 1. The largest absolute Gasteiger partial charge is 0.444 e. The molecule has 0 aliphatic carbocycles. The molecule has 0 saturated heterocycles. The van der Waals surface area contributed by atoms with Crippen LogP contribution in [0.15, 0.2) is 0 Å². The summed E-state index contributed by atoms with van der Waals surface area (Å²) in [5.41, 5.74) is 7.39. The minimum Gasteiger partial charge on any atom is -0.444 e. The Balaban J connectivity index is 3.86. The van der Waals surface area contributed by atoms with Gasteiger partial charge in [-0.15, -0.1) is 0 Å². The zero-order valence-corrected chi connectivity index (χ0v) is 8.40. The molecule has 0 atom stereocenters. The quantitative estimate of drug-likeness (QED) is 0.404. The Morgan fingerprint density at radius 1 is 1.50 bits per heavy atom. The van der Waals surface area contributed by atoms with E-state index in [1.807, 2.05) is 0 Å². The van der Waals surface area contributed by atoms with Crippen molar-refractivity contribution in [1.29, 1.82) is 0 Å². The number of ether oxygens (including phenoxy) is 1. The molecule has 0 aromatic heterocycles. The number of rotatable bonds is 3. The molecule has 0 bridgehead atoms. The molecule has 14 heavy (non-hydrogen) atoms. The second-order valence-electron chi connectivity index (χ2n) is 3.57. The summed E-state index contributed by atoms with van der Waals surface area (Å²) in [5, 5.41) is 2.21. The SMILES string of the molecule is CC(C)(C)OC(=O)NCC(=O)C=[N+]=[N-]. The van der Waals surface area contributed by atoms with Crippen molar-refractivity contribution in [3.63, 3.8) is 0 Å². The van der Waals surface area contributed by atoms with Crippen LogP contribution in [0.25, 0.3) is 5.53 Å². The molecule has 0 aromatic rings. The maximum atomic E-state index is 11.0. The molecular formula is C8H13N3O3. The number of hydrogen-bond donors (Lipinski definition) is 1. The average molecular weight is 199 g/mol. The van der Waals surface area contributed by atoms with Crippen molar-refractivity contribution in [3.8, 4) is 0 Å². The van der Waals surface area contributed by atoms with E-state index < -0.39 is 17.5 Å². The van der Waals surface area contributed by atoms with Crippen LogP contribution in [0.2, 0.25) is 0 Å². The third-order valence-electron chi connectivity index (χ3n) is 1.01. The first-order chi connectivity index (χ1) is 6.35. The van der Waals surface area contributed by atoms with Crippen molar-refractivity contribution < 1.29 is 19.1 Å². The van der Waals surface area contributed by atoms with Crippen LogP contribution >= 0.6 is 0 Å². The van der Waals surface area contributed by atoms with Gasteiger partial charge in [-0.1, -0.05) is 0 Å². The molecule has 0 rings (SSSR count). The Bertz CT molecular complexity index is 274. The lowest BCUT2D eigenvalue weighted by Gasteiger charge is -2.19. The molecule has 1 N–H and O–H groups in total. The van der Waals surface area contributed by atoms with E-state index in [2.05, 4.69) is 10.1 Å². The number of nitrogens with one attached hydrogen (secondary N) is 1. The van der Waals surface area contributed by atoms with Crippen LogP contribution in [0.3, 0.4) is 0 Å². The summed E-state index contributed by atoms with van der Waals surface area (Å²) in [6.07, 6.45) is 0.0226. The Labute approximate surface area is 81.9 Å². The summed E-state index contributed by atoms with van der Waals surface area (Å²) in [6.45, 7) is 4.88. The van der Waals surface area contributed by atoms with E-state index in [1.54, 1.807) is 20.8 Å². The van der Waals surface area contributed by atoms with Crippen molar-refractivity contribution in [3.05, 3.63) is 5.53 Å². The zero-order valence-electron chi connectivity index (χ0n) is 8.40. The number of carbonyl (C=O) groups is 2. The zero-order chi connectivity index (χ0) is 11.2. The van der Waals surface area contributed by atoms with Crippen LogP contribution in [-0.4, -0.2) is 35.0 Å². The van der Waals surface area contributed by atoms with Gasteiger partial charge in [0.2, 0.25) is 0 Å². The van der Waals surface area contributed by atoms with Crippen molar-refractivity contribution >= 4 is 18.1 Å². The van der Waals surface area contributed by atoms with Gasteiger partial charge in [0.25, 0.3) is 5.78 Å². The van der Waals surface area contributed by atoms with Gasteiger partial charge >= 0.3 is 12.3 Å². The summed E-state index contributed by atoms with van der Waals surface area (Å²) in [4.78, 5) is 24.2. The molecule has 1 amide bonds. The van der Waals surface area contributed by atoms with Crippen LogP contribution in [0.5, 0.6) is 0 Å². The number of amides is 1. The van der Waals surface area contributed by atoms with E-state index in [1.165, 1.54) is 0 Å². The standard InChI is InChI=1S/C8H13N3O3/c1-8(2,3)14-7(13)10-4-6(12)5-11-9/h5H,4H2,1-3H3,(H,10,13). The lowest BCUT2D eigenvalue weighted by atomic mass is 10.2. The summed E-state index contributed by atoms with van der Waals surface area (Å²) in [5.74, 6) is -0.515. The molecule has 6 nitrogen and oxygen atoms in total. The third kappa shape index (κ3) is 7.00. The van der Waals surface area contributed by atoms with Crippen LogP contribution < -0.4 is 5.32 Å². The monoisotopic (exact) mass is 199 g/mol. The highest BCUT2D eigenvalue weighted by Gasteiger charge is 2.16. The van der Waals surface area contributed by atoms with Gasteiger partial charge < -0.3 is 15.6 Å². The number of alkyl carbamates (subject to hydrolysis) is 1. The molecule has 0 spiro atoms. The van der Waals surface area contributed by atoms with Gasteiger partial charge in [-0.25, -0.2) is 4.79 Å². The maximum absolute atomic E-state index is 11.0. The molecule has 6 heteroatoms. The van der Waals surface area contributed by atoms with Gasteiger partial charge in [-0.05, 0) is 20.8 Å². The van der Waals surface area contributed by atoms with Gasteiger partial charge in [-0.2, -0.15) is 4.79 Å². The molecular weight excluding hydrogens is 186 g/mol. The molecule has 0 unspecified atom stereocenters. The fourth-order valence-corrected chi connectivity index (χ4v) is 0.584. The molecule has 0 aliphatic rings. The predicted octanol–water partition coefficient (Wildman–Crippen LogP) is 0.381. The first kappa shape index (κ1) is 12.3. The fraction of sp³-hybridized carbons (Fsp3) is 0.625. The van der Waals surface area contributed by atoms with Crippen LogP contribution in [0.1, 0.15) is 20.8 Å². The first-order valence-electron chi connectivity index (χ1n) is 4.02. The smallest absolute Gasteiger partial charge is 0.408 e. The fourth-order valence-electron chi connectivity index (χ4n) is 0.584. The Morgan fingerprint density at radius 3 is 2.50 bits per heavy atom. The van der Waals surface area contributed by atoms with E-state index in [0.717, 1.165) is 0 Å². The highest BCUT2D eigenvalue weighted by atomic mass is 16.6. The molecule has 0 heterocycles. The maximum Gasteiger partial charge on any atom is 0.408 e. The van der Waals surface area contributed by atoms with Crippen molar-refractivity contribution in [2.45, 2.75) is 26.4 Å². The number of carbonyl (C=O) groups excluding carboxylic acids is 2. The normalized spacial score (nSPS) is 9.93. The lowest BCUT2D eigenvalue weighted by molar-refractivity contribution is -0.115. The molecule has 0 aromatic carbocycles. The molecule has 78 valence electrons. The van der Waals surface area contributed by atoms with Crippen LogP contribution in [-0.2, 0) is 9.53 Å². The van der Waals surface area contributed by atoms with Crippen molar-refractivity contribution in [1.82, 2.24) is 5.32 Å². The highest BCUT2D eigenvalue weighted by Crippen LogP contribution is 2.05. The van der Waals surface area contributed by atoms with E-state index in [4.69, 9.17) is 10.3 Å². The second-order valence-corrected chi connectivity index (χ2v) is 3.57. The van der Waals surface area contributed by atoms with Crippen molar-refractivity contribution in [2.24, 2.45) is 0 Å². The summed E-state index contributed by atoms with van der Waals surface area (Å²) >= 11 is 0. The minimum atomic E-state index is -0.683. The van der Waals surface area contributed by atoms with Gasteiger partial charge in [-0.3, -0.25) is 4.79 Å². The van der Waals surface area contributed by atoms with Gasteiger partial charge in [0.1, 0.15) is 5.60 Å². The van der Waals surface area contributed by atoms with Gasteiger partial charge in [0.05, 0.1) is 6.54 Å². The van der Waals surface area contributed by atoms with Crippen LogP contribution in [0, 0.1) is 0 Å². The minimum absolute atomic E-state index is 0.251. The number of hydrogen-bond acceptors (Lipinski definition) is 3. The highest BCUT2D eigenvalue weighted by molar-refractivity contribution is 6.26. The predicted molar refractivity (Wildman–Crippen MR) is 48.9 cm³/mol. The summed E-state index contributed by atoms with van der Waals surface area (Å²) in [6, 6.07) is 0. The molecule has 0 fully saturated rings. The topological polar surface area (TPSA) is 91.8 Å². The Hall–Kier alpha value is -1.68. The van der Waals surface area contributed by atoms with E-state index >= 15 is 0 Å². The third-order valence-corrected chi connectivity index (χ3v) is 1.01. The molecule has 0 radical (unpaired) electrons. The first-order valence-corrected chi connectivity index (χ1v) is 4.02.